The standard InChI is InChI=1S/C23H21ClN2O3S/c1-16-5-9-22(10-6-16)30(28,29)26-12-11-17-7-8-21(14-19(17)15-26)25-23(27)18-3-2-4-20(24)13-18/h2-10,13-14H,11-12,15H2,1H3,(H,25,27). The molecule has 0 unspecified atom stereocenters. The molecular weight excluding hydrogens is 420 g/mol. The summed E-state index contributed by atoms with van der Waals surface area (Å²) >= 11 is 5.96. The van der Waals surface area contributed by atoms with Crippen LogP contribution in [0.4, 0.5) is 5.69 Å². The Kier molecular flexibility index (Phi) is 5.64. The molecule has 1 N–H and O–H groups in total. The van der Waals surface area contributed by atoms with E-state index >= 15 is 0 Å². The molecule has 0 spiro atoms. The predicted molar refractivity (Wildman–Crippen MR) is 118 cm³/mol. The van der Waals surface area contributed by atoms with E-state index in [-0.39, 0.29) is 12.5 Å². The van der Waals surface area contributed by atoms with E-state index in [9.17, 15) is 13.2 Å². The maximum Gasteiger partial charge on any atom is 0.255 e. The second-order valence-electron chi connectivity index (χ2n) is 7.35. The van der Waals surface area contributed by atoms with Crippen molar-refractivity contribution in [2.75, 3.05) is 11.9 Å². The van der Waals surface area contributed by atoms with E-state index in [1.165, 1.54) is 4.31 Å². The van der Waals surface area contributed by atoms with Crippen molar-refractivity contribution in [1.82, 2.24) is 4.31 Å². The molecular formula is C23H21ClN2O3S. The van der Waals surface area contributed by atoms with E-state index in [0.717, 1.165) is 16.7 Å². The van der Waals surface area contributed by atoms with Crippen LogP contribution in [0.3, 0.4) is 0 Å². The summed E-state index contributed by atoms with van der Waals surface area (Å²) in [6, 6.07) is 19.2. The quantitative estimate of drug-likeness (QED) is 0.642. The largest absolute Gasteiger partial charge is 0.322 e. The van der Waals surface area contributed by atoms with Crippen molar-refractivity contribution in [3.63, 3.8) is 0 Å². The minimum absolute atomic E-state index is 0.266. The van der Waals surface area contributed by atoms with Crippen LogP contribution in [0.2, 0.25) is 5.02 Å². The number of nitrogens with one attached hydrogen (secondary N) is 1. The molecule has 0 radical (unpaired) electrons. The number of nitrogens with zero attached hydrogens (tertiary/aromatic N) is 1. The fraction of sp³-hybridized carbons (Fsp3) is 0.174. The van der Waals surface area contributed by atoms with Crippen LogP contribution in [-0.2, 0) is 23.0 Å². The topological polar surface area (TPSA) is 66.5 Å². The third kappa shape index (κ3) is 4.26. The summed E-state index contributed by atoms with van der Waals surface area (Å²) in [6.07, 6.45) is 0.628. The number of halogens is 1. The van der Waals surface area contributed by atoms with Crippen LogP contribution in [0, 0.1) is 6.92 Å². The lowest BCUT2D eigenvalue weighted by molar-refractivity contribution is 0.102. The molecule has 0 aliphatic carbocycles. The second kappa shape index (κ2) is 8.22. The highest BCUT2D eigenvalue weighted by Crippen LogP contribution is 2.27. The van der Waals surface area contributed by atoms with Gasteiger partial charge in [0.25, 0.3) is 5.91 Å². The zero-order valence-electron chi connectivity index (χ0n) is 16.4. The zero-order chi connectivity index (χ0) is 21.3. The number of hydrogen-bond donors (Lipinski definition) is 1. The number of sulfonamides is 1. The van der Waals surface area contributed by atoms with Crippen LogP contribution in [0.5, 0.6) is 0 Å². The highest BCUT2D eigenvalue weighted by atomic mass is 35.5. The molecule has 154 valence electrons. The van der Waals surface area contributed by atoms with Gasteiger partial charge in [-0.3, -0.25) is 4.79 Å². The Balaban J connectivity index is 1.55. The molecule has 30 heavy (non-hydrogen) atoms. The number of aryl methyl sites for hydroxylation is 1. The molecule has 0 fully saturated rings. The van der Waals surface area contributed by atoms with Gasteiger partial charge in [0.05, 0.1) is 4.90 Å². The maximum absolute atomic E-state index is 13.0. The summed E-state index contributed by atoms with van der Waals surface area (Å²) in [7, 11) is -3.57. The van der Waals surface area contributed by atoms with Gasteiger partial charge in [-0.15, -0.1) is 0 Å². The van der Waals surface area contributed by atoms with Crippen LogP contribution in [0.1, 0.15) is 27.0 Å². The van der Waals surface area contributed by atoms with Crippen molar-refractivity contribution in [1.29, 1.82) is 0 Å². The van der Waals surface area contributed by atoms with Crippen molar-refractivity contribution in [2.45, 2.75) is 24.8 Å². The SMILES string of the molecule is Cc1ccc(S(=O)(=O)N2CCc3ccc(NC(=O)c4cccc(Cl)c4)cc3C2)cc1. The molecule has 4 rings (SSSR count). The Morgan fingerprint density at radius 2 is 1.77 bits per heavy atom. The van der Waals surface area contributed by atoms with E-state index in [2.05, 4.69) is 5.32 Å². The van der Waals surface area contributed by atoms with Gasteiger partial charge in [-0.05, 0) is 66.9 Å². The number of anilines is 1. The Hall–Kier alpha value is -2.67. The average Bonchev–Trinajstić information content (AvgIpc) is 2.73. The Labute approximate surface area is 181 Å². The van der Waals surface area contributed by atoms with Crippen molar-refractivity contribution in [3.8, 4) is 0 Å². The van der Waals surface area contributed by atoms with E-state index < -0.39 is 10.0 Å². The predicted octanol–water partition coefficient (Wildman–Crippen LogP) is 4.65. The number of hydrogen-bond acceptors (Lipinski definition) is 3. The van der Waals surface area contributed by atoms with Crippen LogP contribution in [0.25, 0.3) is 0 Å². The molecule has 3 aromatic rings. The maximum atomic E-state index is 13.0. The molecule has 0 saturated carbocycles. The first kappa shape index (κ1) is 20.6. The van der Waals surface area contributed by atoms with Crippen molar-refractivity contribution < 1.29 is 13.2 Å². The summed E-state index contributed by atoms with van der Waals surface area (Å²) in [5, 5.41) is 3.35. The van der Waals surface area contributed by atoms with Gasteiger partial charge in [0.15, 0.2) is 0 Å². The lowest BCUT2D eigenvalue weighted by Gasteiger charge is -2.28. The summed E-state index contributed by atoms with van der Waals surface area (Å²) in [6.45, 7) is 2.62. The molecule has 1 heterocycles. The van der Waals surface area contributed by atoms with E-state index in [1.54, 1.807) is 48.5 Å². The molecule has 5 nitrogen and oxygen atoms in total. The third-order valence-corrected chi connectivity index (χ3v) is 7.28. The minimum Gasteiger partial charge on any atom is -0.322 e. The molecule has 0 aromatic heterocycles. The molecule has 0 atom stereocenters. The lowest BCUT2D eigenvalue weighted by atomic mass is 10.0. The molecule has 1 aliphatic heterocycles. The highest BCUT2D eigenvalue weighted by molar-refractivity contribution is 7.89. The lowest BCUT2D eigenvalue weighted by Crippen LogP contribution is -2.36. The van der Waals surface area contributed by atoms with E-state index in [4.69, 9.17) is 11.6 Å². The highest BCUT2D eigenvalue weighted by Gasteiger charge is 2.28. The second-order valence-corrected chi connectivity index (χ2v) is 9.72. The first-order chi connectivity index (χ1) is 14.3. The number of amides is 1. The Morgan fingerprint density at radius 1 is 1.00 bits per heavy atom. The van der Waals surface area contributed by atoms with Crippen molar-refractivity contribution in [3.05, 3.63) is 94.0 Å². The normalized spacial score (nSPS) is 14.2. The van der Waals surface area contributed by atoms with Gasteiger partial charge < -0.3 is 5.32 Å². The molecule has 3 aromatic carbocycles. The van der Waals surface area contributed by atoms with Gasteiger partial charge >= 0.3 is 0 Å². The van der Waals surface area contributed by atoms with Gasteiger partial charge in [0.1, 0.15) is 0 Å². The van der Waals surface area contributed by atoms with Crippen LogP contribution in [-0.4, -0.2) is 25.2 Å². The smallest absolute Gasteiger partial charge is 0.255 e. The van der Waals surface area contributed by atoms with Crippen molar-refractivity contribution >= 4 is 33.2 Å². The number of carbonyl (C=O) groups excluding carboxylic acids is 1. The average molecular weight is 441 g/mol. The fourth-order valence-corrected chi connectivity index (χ4v) is 5.12. The fourth-order valence-electron chi connectivity index (χ4n) is 3.51. The first-order valence-electron chi connectivity index (χ1n) is 9.58. The van der Waals surface area contributed by atoms with Gasteiger partial charge in [-0.1, -0.05) is 41.4 Å². The number of benzene rings is 3. The molecule has 7 heteroatoms. The summed E-state index contributed by atoms with van der Waals surface area (Å²) in [5.74, 6) is -0.266. The van der Waals surface area contributed by atoms with Gasteiger partial charge in [0.2, 0.25) is 10.0 Å². The Morgan fingerprint density at radius 3 is 2.50 bits per heavy atom. The van der Waals surface area contributed by atoms with Gasteiger partial charge in [-0.2, -0.15) is 4.31 Å². The van der Waals surface area contributed by atoms with Gasteiger partial charge in [-0.25, -0.2) is 8.42 Å². The third-order valence-electron chi connectivity index (χ3n) is 5.19. The molecule has 1 aliphatic rings. The van der Waals surface area contributed by atoms with Crippen LogP contribution < -0.4 is 5.32 Å². The van der Waals surface area contributed by atoms with Crippen LogP contribution >= 0.6 is 11.6 Å². The molecule has 1 amide bonds. The van der Waals surface area contributed by atoms with Crippen molar-refractivity contribution in [2.24, 2.45) is 0 Å². The van der Waals surface area contributed by atoms with E-state index in [0.29, 0.717) is 34.1 Å². The summed E-state index contributed by atoms with van der Waals surface area (Å²) in [5.41, 5.74) is 4.07. The number of rotatable bonds is 4. The summed E-state index contributed by atoms with van der Waals surface area (Å²) in [4.78, 5) is 12.8. The molecule has 0 bridgehead atoms. The molecule has 0 saturated heterocycles. The Bertz CT molecular complexity index is 1210. The zero-order valence-corrected chi connectivity index (χ0v) is 18.0. The van der Waals surface area contributed by atoms with Crippen LogP contribution in [0.15, 0.2) is 71.6 Å². The van der Waals surface area contributed by atoms with Gasteiger partial charge in [0, 0.05) is 29.4 Å². The van der Waals surface area contributed by atoms with E-state index in [1.807, 2.05) is 25.1 Å². The number of fused-ring (bicyclic) bond motifs is 1. The minimum atomic E-state index is -3.57. The first-order valence-corrected chi connectivity index (χ1v) is 11.4. The number of carbonyl (C=O) groups is 1. The monoisotopic (exact) mass is 440 g/mol. The summed E-state index contributed by atoms with van der Waals surface area (Å²) < 4.78 is 27.6.